The second-order valence-electron chi connectivity index (χ2n) is 6.22. The van der Waals surface area contributed by atoms with Gasteiger partial charge in [0, 0.05) is 0 Å². The van der Waals surface area contributed by atoms with E-state index in [1.807, 2.05) is 22.7 Å². The zero-order valence-corrected chi connectivity index (χ0v) is 19.8. The molecule has 0 spiro atoms. The molecule has 0 aromatic carbocycles. The summed E-state index contributed by atoms with van der Waals surface area (Å²) >= 11 is 3.63. The van der Waals surface area contributed by atoms with Gasteiger partial charge in [-0.2, -0.15) is 20.9 Å². The molecule has 25 heavy (non-hydrogen) atoms. The molecule has 136 valence electrons. The van der Waals surface area contributed by atoms with Crippen LogP contribution in [0.1, 0.15) is 47.6 Å². The van der Waals surface area contributed by atoms with Crippen LogP contribution < -0.4 is 0 Å². The van der Waals surface area contributed by atoms with Gasteiger partial charge in [-0.1, -0.05) is 27.7 Å². The van der Waals surface area contributed by atoms with Crippen molar-refractivity contribution in [3.8, 4) is 9.75 Å². The largest absolute Gasteiger partial charge is 4.00 e. The van der Waals surface area contributed by atoms with Gasteiger partial charge in [-0.3, -0.25) is 11.8 Å². The van der Waals surface area contributed by atoms with E-state index in [0.717, 1.165) is 0 Å². The standard InChI is InChI=1S/C12H12S2.C10H14.Pt/c1-7-5-11(13-9(7)3)12-6-8(2)10(4)14-12;1-9-7-5-3-4-6-8-10(9)2;/h1-4H3;5-8H,3-4H2,1-2H3;/q2*-2;+4/b;7-5-,8-6-;. The van der Waals surface area contributed by atoms with Gasteiger partial charge < -0.3 is 22.7 Å². The molecule has 0 amide bonds. The van der Waals surface area contributed by atoms with Crippen molar-refractivity contribution in [3.63, 3.8) is 0 Å². The number of hydrogen-bond acceptors (Lipinski definition) is 2. The van der Waals surface area contributed by atoms with E-state index in [2.05, 4.69) is 78.0 Å². The van der Waals surface area contributed by atoms with Crippen molar-refractivity contribution in [1.29, 1.82) is 0 Å². The molecule has 1 aliphatic rings. The minimum absolute atomic E-state index is 0. The Morgan fingerprint density at radius 3 is 1.40 bits per heavy atom. The molecule has 0 atom stereocenters. The van der Waals surface area contributed by atoms with Crippen molar-refractivity contribution < 1.29 is 21.1 Å². The van der Waals surface area contributed by atoms with Gasteiger partial charge >= 0.3 is 21.1 Å². The molecule has 0 bridgehead atoms. The minimum Gasteiger partial charge on any atom is -0.302 e. The van der Waals surface area contributed by atoms with E-state index in [0.29, 0.717) is 0 Å². The van der Waals surface area contributed by atoms with Crippen molar-refractivity contribution in [2.45, 2.75) is 54.4 Å². The van der Waals surface area contributed by atoms with Crippen molar-refractivity contribution in [2.75, 3.05) is 0 Å². The second-order valence-corrected chi connectivity index (χ2v) is 8.67. The van der Waals surface area contributed by atoms with Gasteiger partial charge in [0.25, 0.3) is 0 Å². The van der Waals surface area contributed by atoms with Crippen molar-refractivity contribution in [3.05, 3.63) is 69.2 Å². The summed E-state index contributed by atoms with van der Waals surface area (Å²) < 4.78 is 0. The van der Waals surface area contributed by atoms with Crippen LogP contribution in [0.3, 0.4) is 0 Å². The summed E-state index contributed by atoms with van der Waals surface area (Å²) in [5.74, 6) is 2.77. The smallest absolute Gasteiger partial charge is 0.302 e. The van der Waals surface area contributed by atoms with Crippen LogP contribution in [0, 0.1) is 51.7 Å². The van der Waals surface area contributed by atoms with Crippen LogP contribution in [-0.4, -0.2) is 0 Å². The summed E-state index contributed by atoms with van der Waals surface area (Å²) in [6.07, 6.45) is 11.3. The number of aryl methyl sites for hydroxylation is 4. The normalized spacial score (nSPS) is 16.2. The molecule has 3 heteroatoms. The molecular weight excluding hydrogens is 523 g/mol. The fourth-order valence-electron chi connectivity index (χ4n) is 2.21. The summed E-state index contributed by atoms with van der Waals surface area (Å²) in [6.45, 7) is 12.8. The SMILES string of the molecule is C[C-]1/C=C\CC/C=C\[C-]1C.Cc1[c-]c(-c2[c-]c(C)c(C)s2)sc1C.[Pt+4]. The molecule has 0 saturated carbocycles. The third-order valence-electron chi connectivity index (χ3n) is 4.23. The molecule has 1 aliphatic carbocycles. The Morgan fingerprint density at radius 1 is 0.760 bits per heavy atom. The Bertz CT molecular complexity index is 617. The van der Waals surface area contributed by atoms with E-state index >= 15 is 0 Å². The molecule has 0 saturated heterocycles. The first-order chi connectivity index (χ1) is 11.4. The summed E-state index contributed by atoms with van der Waals surface area (Å²) in [4.78, 5) is 5.19. The van der Waals surface area contributed by atoms with Gasteiger partial charge in [-0.15, -0.1) is 36.4 Å². The van der Waals surface area contributed by atoms with Gasteiger partial charge in [-0.25, -0.2) is 36.4 Å². The monoisotopic (exact) mass is 549 g/mol. The summed E-state index contributed by atoms with van der Waals surface area (Å²) in [5, 5.41) is 0. The maximum Gasteiger partial charge on any atom is 4.00 e. The molecule has 0 N–H and O–H groups in total. The van der Waals surface area contributed by atoms with Gasteiger partial charge in [0.05, 0.1) is 0 Å². The fraction of sp³-hybridized carbons (Fsp3) is 0.364. The van der Waals surface area contributed by atoms with Crippen LogP contribution in [0.2, 0.25) is 0 Å². The van der Waals surface area contributed by atoms with E-state index in [1.165, 1.54) is 55.3 Å². The Hall–Kier alpha value is -0.692. The van der Waals surface area contributed by atoms with E-state index < -0.39 is 0 Å². The number of thiophene rings is 2. The van der Waals surface area contributed by atoms with Gasteiger partial charge in [0.1, 0.15) is 0 Å². The Labute approximate surface area is 176 Å². The molecule has 2 heterocycles. The van der Waals surface area contributed by atoms with Gasteiger partial charge in [-0.05, 0) is 0 Å². The average Bonchev–Trinajstić information content (AvgIpc) is 3.04. The molecule has 3 rings (SSSR count). The predicted molar refractivity (Wildman–Crippen MR) is 110 cm³/mol. The second kappa shape index (κ2) is 10.5. The molecule has 0 unspecified atom stereocenters. The third-order valence-corrected chi connectivity index (χ3v) is 6.61. The Morgan fingerprint density at radius 2 is 1.12 bits per heavy atom. The first-order valence-electron chi connectivity index (χ1n) is 8.38. The first-order valence-corrected chi connectivity index (χ1v) is 10.0. The molecule has 0 nitrogen and oxygen atoms in total. The maximum atomic E-state index is 3.40. The molecular formula is C22H26PtS2. The first kappa shape index (κ1) is 22.3. The summed E-state index contributed by atoms with van der Waals surface area (Å²) in [5.41, 5.74) is 2.53. The third kappa shape index (κ3) is 6.51. The van der Waals surface area contributed by atoms with Crippen LogP contribution in [-0.2, 0) is 21.1 Å². The van der Waals surface area contributed by atoms with E-state index in [-0.39, 0.29) is 21.1 Å². The zero-order valence-electron chi connectivity index (χ0n) is 15.9. The van der Waals surface area contributed by atoms with Gasteiger partial charge in [0.2, 0.25) is 0 Å². The van der Waals surface area contributed by atoms with Crippen LogP contribution >= 0.6 is 22.7 Å². The quantitative estimate of drug-likeness (QED) is 0.326. The van der Waals surface area contributed by atoms with E-state index in [4.69, 9.17) is 0 Å². The van der Waals surface area contributed by atoms with Crippen LogP contribution in [0.15, 0.2) is 24.3 Å². The predicted octanol–water partition coefficient (Wildman–Crippen LogP) is 7.39. The van der Waals surface area contributed by atoms with Crippen LogP contribution in [0.5, 0.6) is 0 Å². The number of allylic oxidation sites excluding steroid dienone is 4. The van der Waals surface area contributed by atoms with Crippen molar-refractivity contribution >= 4 is 22.7 Å². The average molecular weight is 550 g/mol. The van der Waals surface area contributed by atoms with E-state index in [1.54, 1.807) is 0 Å². The molecule has 0 radical (unpaired) electrons. The van der Waals surface area contributed by atoms with Crippen molar-refractivity contribution in [1.82, 2.24) is 0 Å². The Kier molecular flexibility index (Phi) is 9.35. The van der Waals surface area contributed by atoms with Gasteiger partial charge in [0.15, 0.2) is 0 Å². The fourth-order valence-corrected chi connectivity index (χ4v) is 4.18. The van der Waals surface area contributed by atoms with Crippen LogP contribution in [0.4, 0.5) is 0 Å². The molecule has 0 aliphatic heterocycles. The topological polar surface area (TPSA) is 0 Å². The van der Waals surface area contributed by atoms with Crippen LogP contribution in [0.25, 0.3) is 9.75 Å². The molecule has 0 fully saturated rings. The maximum absolute atomic E-state index is 3.40. The Balaban J connectivity index is 0.000000254. The minimum atomic E-state index is 0. The number of hydrogen-bond donors (Lipinski definition) is 0. The zero-order chi connectivity index (χ0) is 17.7. The molecule has 2 aromatic rings. The molecule has 2 aromatic heterocycles. The van der Waals surface area contributed by atoms with Crippen molar-refractivity contribution in [2.24, 2.45) is 0 Å². The summed E-state index contributed by atoms with van der Waals surface area (Å²) in [7, 11) is 0. The summed E-state index contributed by atoms with van der Waals surface area (Å²) in [6, 6.07) is 6.80. The number of rotatable bonds is 1. The van der Waals surface area contributed by atoms with E-state index in [9.17, 15) is 0 Å².